The zero-order valence-electron chi connectivity index (χ0n) is 4.42. The van der Waals surface area contributed by atoms with Crippen molar-refractivity contribution in [1.82, 2.24) is 4.90 Å². The van der Waals surface area contributed by atoms with Crippen LogP contribution in [0.1, 0.15) is 13.3 Å². The Morgan fingerprint density at radius 1 is 1.86 bits per heavy atom. The highest BCUT2D eigenvalue weighted by molar-refractivity contribution is 5.49. The highest BCUT2D eigenvalue weighted by Gasteiger charge is 2.20. The molecule has 0 N–H and O–H groups in total. The number of nitrogens with zero attached hydrogens (tertiary/aromatic N) is 1. The van der Waals surface area contributed by atoms with E-state index in [1.54, 1.807) is 4.90 Å². The van der Waals surface area contributed by atoms with E-state index >= 15 is 0 Å². The fourth-order valence-electron chi connectivity index (χ4n) is 0.693. The van der Waals surface area contributed by atoms with Crippen LogP contribution in [0.3, 0.4) is 0 Å². The maximum absolute atomic E-state index is 9.92. The smallest absolute Gasteiger partial charge is 0.209 e. The third kappa shape index (κ3) is 0.601. The van der Waals surface area contributed by atoms with E-state index in [-0.39, 0.29) is 0 Å². The zero-order chi connectivity index (χ0) is 5.28. The largest absolute Gasteiger partial charge is 0.342 e. The highest BCUT2D eigenvalue weighted by Crippen LogP contribution is 2.11. The van der Waals surface area contributed by atoms with Gasteiger partial charge in [-0.25, -0.2) is 0 Å². The number of hydrogen-bond donors (Lipinski definition) is 0. The van der Waals surface area contributed by atoms with Crippen LogP contribution in [0.2, 0.25) is 0 Å². The fourth-order valence-corrected chi connectivity index (χ4v) is 0.693. The first-order valence-electron chi connectivity index (χ1n) is 2.55. The molecule has 0 saturated carbocycles. The van der Waals surface area contributed by atoms with E-state index in [4.69, 9.17) is 0 Å². The molecule has 2 nitrogen and oxygen atoms in total. The molecular weight excluding hydrogens is 90.1 g/mol. The normalized spacial score (nSPS) is 29.3. The Balaban J connectivity index is 2.28. The van der Waals surface area contributed by atoms with Gasteiger partial charge < -0.3 is 4.90 Å². The summed E-state index contributed by atoms with van der Waals surface area (Å²) in [6, 6.07) is 0.512. The number of hydrogen-bond acceptors (Lipinski definition) is 1. The third-order valence-corrected chi connectivity index (χ3v) is 1.51. The van der Waals surface area contributed by atoms with E-state index in [1.807, 2.05) is 0 Å². The average molecular weight is 99.1 g/mol. The number of likely N-dealkylation sites (tertiary alicyclic amines) is 1. The minimum Gasteiger partial charge on any atom is -0.342 e. The first-order valence-corrected chi connectivity index (χ1v) is 2.55. The summed E-state index contributed by atoms with van der Waals surface area (Å²) in [5, 5.41) is 0. The number of carbonyl (C=O) groups excluding carboxylic acids is 1. The second-order valence-corrected chi connectivity index (χ2v) is 1.98. The molecule has 0 radical (unpaired) electrons. The molecule has 0 aromatic heterocycles. The zero-order valence-corrected chi connectivity index (χ0v) is 4.42. The second kappa shape index (κ2) is 1.52. The Labute approximate surface area is 43.1 Å². The standard InChI is InChI=1S/C5H9NO/c1-5-2-3-6(5)4-7/h4-5H,2-3H2,1H3/t5-/m0/s1. The molecular formula is C5H9NO. The lowest BCUT2D eigenvalue weighted by Gasteiger charge is -2.34. The summed E-state index contributed by atoms with van der Waals surface area (Å²) in [7, 11) is 0. The van der Waals surface area contributed by atoms with Gasteiger partial charge in [0.15, 0.2) is 0 Å². The molecule has 1 aliphatic heterocycles. The first-order chi connectivity index (χ1) is 3.34. The van der Waals surface area contributed by atoms with Gasteiger partial charge in [0.2, 0.25) is 6.41 Å². The lowest BCUT2D eigenvalue weighted by atomic mass is 10.1. The molecule has 0 aromatic carbocycles. The van der Waals surface area contributed by atoms with Crippen molar-refractivity contribution in [3.05, 3.63) is 0 Å². The Bertz CT molecular complexity index is 82.1. The molecule has 1 saturated heterocycles. The Morgan fingerprint density at radius 2 is 2.57 bits per heavy atom. The second-order valence-electron chi connectivity index (χ2n) is 1.98. The molecule has 0 unspecified atom stereocenters. The van der Waals surface area contributed by atoms with Gasteiger partial charge in [-0.15, -0.1) is 0 Å². The van der Waals surface area contributed by atoms with Crippen LogP contribution in [0.5, 0.6) is 0 Å². The van der Waals surface area contributed by atoms with E-state index < -0.39 is 0 Å². The minimum atomic E-state index is 0.512. The van der Waals surface area contributed by atoms with Crippen LogP contribution in [-0.4, -0.2) is 23.9 Å². The maximum Gasteiger partial charge on any atom is 0.209 e. The Morgan fingerprint density at radius 3 is 2.57 bits per heavy atom. The van der Waals surface area contributed by atoms with Crippen LogP contribution in [0, 0.1) is 0 Å². The summed E-state index contributed by atoms with van der Waals surface area (Å²) >= 11 is 0. The van der Waals surface area contributed by atoms with Crippen molar-refractivity contribution in [2.24, 2.45) is 0 Å². The monoisotopic (exact) mass is 99.1 g/mol. The lowest BCUT2D eigenvalue weighted by molar-refractivity contribution is -0.124. The van der Waals surface area contributed by atoms with Gasteiger partial charge in [0, 0.05) is 12.6 Å². The van der Waals surface area contributed by atoms with Crippen molar-refractivity contribution < 1.29 is 4.79 Å². The summed E-state index contributed by atoms with van der Waals surface area (Å²) < 4.78 is 0. The SMILES string of the molecule is C[C@H]1CCN1C=O. The Hall–Kier alpha value is -0.530. The van der Waals surface area contributed by atoms with E-state index in [2.05, 4.69) is 6.92 Å². The molecule has 7 heavy (non-hydrogen) atoms. The van der Waals surface area contributed by atoms with Crippen LogP contribution in [-0.2, 0) is 4.79 Å². The highest BCUT2D eigenvalue weighted by atomic mass is 16.1. The van der Waals surface area contributed by atoms with Gasteiger partial charge in [0.05, 0.1) is 0 Å². The Kier molecular flexibility index (Phi) is 1.01. The molecule has 0 aromatic rings. The maximum atomic E-state index is 9.92. The molecule has 1 fully saturated rings. The molecule has 0 spiro atoms. The van der Waals surface area contributed by atoms with Crippen molar-refractivity contribution in [3.8, 4) is 0 Å². The first kappa shape index (κ1) is 4.62. The van der Waals surface area contributed by atoms with Gasteiger partial charge in [-0.3, -0.25) is 4.79 Å². The minimum absolute atomic E-state index is 0.512. The lowest BCUT2D eigenvalue weighted by Crippen LogP contribution is -2.44. The van der Waals surface area contributed by atoms with Crippen molar-refractivity contribution in [1.29, 1.82) is 0 Å². The predicted molar refractivity (Wildman–Crippen MR) is 26.8 cm³/mol. The molecule has 1 rings (SSSR count). The fraction of sp³-hybridized carbons (Fsp3) is 0.800. The number of amides is 1. The van der Waals surface area contributed by atoms with Crippen LogP contribution in [0.4, 0.5) is 0 Å². The van der Waals surface area contributed by atoms with Crippen molar-refractivity contribution in [2.75, 3.05) is 6.54 Å². The predicted octanol–water partition coefficient (Wildman–Crippen LogP) is 0.237. The molecule has 1 heterocycles. The van der Waals surface area contributed by atoms with Crippen LogP contribution in [0.15, 0.2) is 0 Å². The van der Waals surface area contributed by atoms with Crippen LogP contribution < -0.4 is 0 Å². The van der Waals surface area contributed by atoms with E-state index in [0.717, 1.165) is 13.0 Å². The van der Waals surface area contributed by atoms with Gasteiger partial charge >= 0.3 is 0 Å². The van der Waals surface area contributed by atoms with Gasteiger partial charge in [0.1, 0.15) is 0 Å². The molecule has 1 amide bonds. The number of carbonyl (C=O) groups is 1. The average Bonchev–Trinajstić information content (AvgIpc) is 1.65. The quantitative estimate of drug-likeness (QED) is 0.431. The summed E-state index contributed by atoms with van der Waals surface area (Å²) in [6.45, 7) is 3.02. The molecule has 40 valence electrons. The summed E-state index contributed by atoms with van der Waals surface area (Å²) in [4.78, 5) is 11.7. The molecule has 0 aliphatic carbocycles. The van der Waals surface area contributed by atoms with Gasteiger partial charge in [-0.05, 0) is 13.3 Å². The summed E-state index contributed by atoms with van der Waals surface area (Å²) in [6.07, 6.45) is 2.09. The van der Waals surface area contributed by atoms with Crippen molar-refractivity contribution in [3.63, 3.8) is 0 Å². The molecule has 1 atom stereocenters. The van der Waals surface area contributed by atoms with Crippen molar-refractivity contribution >= 4 is 6.41 Å². The topological polar surface area (TPSA) is 20.3 Å². The van der Waals surface area contributed by atoms with Crippen LogP contribution >= 0.6 is 0 Å². The van der Waals surface area contributed by atoms with E-state index in [1.165, 1.54) is 6.42 Å². The van der Waals surface area contributed by atoms with E-state index in [9.17, 15) is 4.79 Å². The molecule has 2 heteroatoms. The van der Waals surface area contributed by atoms with Gasteiger partial charge in [-0.2, -0.15) is 0 Å². The molecule has 0 bridgehead atoms. The van der Waals surface area contributed by atoms with Gasteiger partial charge in [-0.1, -0.05) is 0 Å². The number of rotatable bonds is 1. The van der Waals surface area contributed by atoms with E-state index in [0.29, 0.717) is 6.04 Å². The summed E-state index contributed by atoms with van der Waals surface area (Å²) in [5.41, 5.74) is 0. The van der Waals surface area contributed by atoms with Gasteiger partial charge in [0.25, 0.3) is 0 Å². The van der Waals surface area contributed by atoms with Crippen LogP contribution in [0.25, 0.3) is 0 Å². The third-order valence-electron chi connectivity index (χ3n) is 1.51. The van der Waals surface area contributed by atoms with Crippen molar-refractivity contribution in [2.45, 2.75) is 19.4 Å². The summed E-state index contributed by atoms with van der Waals surface area (Å²) in [5.74, 6) is 0. The molecule has 1 aliphatic rings.